The van der Waals surface area contributed by atoms with Crippen LogP contribution in [0, 0.1) is 0 Å². The molecule has 16 heavy (non-hydrogen) atoms. The number of rotatable bonds is 5. The molecule has 0 aromatic heterocycles. The van der Waals surface area contributed by atoms with E-state index in [0.717, 1.165) is 0 Å². The molecule has 0 aliphatic heterocycles. The maximum absolute atomic E-state index is 12.3. The molecule has 92 valence electrons. The van der Waals surface area contributed by atoms with Crippen molar-refractivity contribution in [2.75, 3.05) is 6.61 Å². The number of hydrogen-bond acceptors (Lipinski definition) is 3. The summed E-state index contributed by atoms with van der Waals surface area (Å²) in [7, 11) is 0. The Kier molecular flexibility index (Phi) is 4.58. The number of carbonyl (C=O) groups is 2. The van der Waals surface area contributed by atoms with Crippen molar-refractivity contribution in [1.29, 1.82) is 0 Å². The van der Waals surface area contributed by atoms with Crippen LogP contribution in [0.5, 0.6) is 0 Å². The number of halogens is 5. The third-order valence-corrected chi connectivity index (χ3v) is 1.45. The lowest BCUT2D eigenvalue weighted by Crippen LogP contribution is -2.44. The van der Waals surface area contributed by atoms with Crippen LogP contribution in [0.4, 0.5) is 22.0 Å². The van der Waals surface area contributed by atoms with E-state index in [0.29, 0.717) is 6.08 Å². The standard InChI is InChI=1S/C8H7F5O3/c1-2-6(15)16-4-3-5(14)7(9,10)8(11,12)13/h2H,1,3-4H2. The Bertz CT molecular complexity index is 295. The molecule has 0 aliphatic rings. The van der Waals surface area contributed by atoms with Crippen LogP contribution in [-0.2, 0) is 14.3 Å². The molecule has 0 unspecified atom stereocenters. The van der Waals surface area contributed by atoms with Gasteiger partial charge in [0, 0.05) is 12.5 Å². The van der Waals surface area contributed by atoms with E-state index in [1.807, 2.05) is 0 Å². The average molecular weight is 246 g/mol. The van der Waals surface area contributed by atoms with Crippen LogP contribution >= 0.6 is 0 Å². The monoisotopic (exact) mass is 246 g/mol. The molecule has 8 heteroatoms. The quantitative estimate of drug-likeness (QED) is 0.422. The van der Waals surface area contributed by atoms with Gasteiger partial charge in [0.1, 0.15) is 0 Å². The van der Waals surface area contributed by atoms with Crippen molar-refractivity contribution in [3.63, 3.8) is 0 Å². The molecular weight excluding hydrogens is 239 g/mol. The number of Topliss-reactive ketones (excluding diaryl/α,β-unsaturated/α-hetero) is 1. The van der Waals surface area contributed by atoms with E-state index in [9.17, 15) is 31.5 Å². The molecule has 0 fully saturated rings. The summed E-state index contributed by atoms with van der Waals surface area (Å²) in [5, 5.41) is 0. The lowest BCUT2D eigenvalue weighted by Gasteiger charge is -2.17. The van der Waals surface area contributed by atoms with Gasteiger partial charge in [-0.3, -0.25) is 4.79 Å². The van der Waals surface area contributed by atoms with Crippen LogP contribution in [0.2, 0.25) is 0 Å². The lowest BCUT2D eigenvalue weighted by molar-refractivity contribution is -0.268. The molecule has 0 amide bonds. The number of hydrogen-bond donors (Lipinski definition) is 0. The molecular formula is C8H7F5O3. The van der Waals surface area contributed by atoms with E-state index in [1.165, 1.54) is 0 Å². The number of carbonyl (C=O) groups excluding carboxylic acids is 2. The summed E-state index contributed by atoms with van der Waals surface area (Å²) in [6.45, 7) is 2.11. The molecule has 3 nitrogen and oxygen atoms in total. The van der Waals surface area contributed by atoms with Gasteiger partial charge >= 0.3 is 18.1 Å². The first-order valence-electron chi connectivity index (χ1n) is 3.90. The summed E-state index contributed by atoms with van der Waals surface area (Å²) < 4.78 is 63.6. The minimum Gasteiger partial charge on any atom is -0.462 e. The summed E-state index contributed by atoms with van der Waals surface area (Å²) in [5.74, 6) is -8.78. The first kappa shape index (κ1) is 14.5. The van der Waals surface area contributed by atoms with Gasteiger partial charge < -0.3 is 4.74 Å². The largest absolute Gasteiger partial charge is 0.462 e. The van der Waals surface area contributed by atoms with E-state index >= 15 is 0 Å². The number of ketones is 1. The highest BCUT2D eigenvalue weighted by atomic mass is 19.4. The topological polar surface area (TPSA) is 43.4 Å². The Labute approximate surface area is 86.9 Å². The van der Waals surface area contributed by atoms with E-state index < -0.39 is 36.9 Å². The molecule has 0 rings (SSSR count). The Balaban J connectivity index is 4.27. The summed E-state index contributed by atoms with van der Waals surface area (Å²) >= 11 is 0. The van der Waals surface area contributed by atoms with Crippen LogP contribution in [0.25, 0.3) is 0 Å². The number of alkyl halides is 5. The molecule has 0 saturated carbocycles. The van der Waals surface area contributed by atoms with Crippen molar-refractivity contribution in [3.05, 3.63) is 12.7 Å². The zero-order valence-electron chi connectivity index (χ0n) is 7.81. The van der Waals surface area contributed by atoms with Gasteiger partial charge in [-0.05, 0) is 0 Å². The molecule has 0 atom stereocenters. The van der Waals surface area contributed by atoms with Crippen molar-refractivity contribution in [2.24, 2.45) is 0 Å². The molecule has 0 aliphatic carbocycles. The lowest BCUT2D eigenvalue weighted by atomic mass is 10.1. The fourth-order valence-electron chi connectivity index (χ4n) is 0.618. The highest BCUT2D eigenvalue weighted by Crippen LogP contribution is 2.36. The number of esters is 1. The smallest absolute Gasteiger partial charge is 0.461 e. The second kappa shape index (κ2) is 5.04. The van der Waals surface area contributed by atoms with Crippen LogP contribution in [0.3, 0.4) is 0 Å². The predicted molar refractivity (Wildman–Crippen MR) is 41.8 cm³/mol. The van der Waals surface area contributed by atoms with E-state index in [1.54, 1.807) is 0 Å². The molecule has 0 radical (unpaired) electrons. The van der Waals surface area contributed by atoms with Gasteiger partial charge in [-0.15, -0.1) is 0 Å². The van der Waals surface area contributed by atoms with E-state index in [4.69, 9.17) is 0 Å². The van der Waals surface area contributed by atoms with E-state index in [-0.39, 0.29) is 0 Å². The fraction of sp³-hybridized carbons (Fsp3) is 0.500. The van der Waals surface area contributed by atoms with Gasteiger partial charge in [0.15, 0.2) is 0 Å². The second-order valence-corrected chi connectivity index (χ2v) is 2.62. The first-order chi connectivity index (χ1) is 7.13. The zero-order valence-corrected chi connectivity index (χ0v) is 7.81. The normalized spacial score (nSPS) is 12.1. The fourth-order valence-corrected chi connectivity index (χ4v) is 0.618. The third kappa shape index (κ3) is 3.59. The summed E-state index contributed by atoms with van der Waals surface area (Å²) in [6.07, 6.45) is -6.47. The summed E-state index contributed by atoms with van der Waals surface area (Å²) in [6, 6.07) is 0. The van der Waals surface area contributed by atoms with Crippen molar-refractivity contribution in [3.8, 4) is 0 Å². The second-order valence-electron chi connectivity index (χ2n) is 2.62. The SMILES string of the molecule is C=CC(=O)OCCC(=O)C(F)(F)C(F)(F)F. The van der Waals surface area contributed by atoms with Gasteiger partial charge in [0.05, 0.1) is 6.61 Å². The van der Waals surface area contributed by atoms with Crippen LogP contribution in [0.1, 0.15) is 6.42 Å². The Morgan fingerprint density at radius 3 is 2.06 bits per heavy atom. The van der Waals surface area contributed by atoms with Crippen molar-refractivity contribution < 1.29 is 36.3 Å². The Morgan fingerprint density at radius 2 is 1.69 bits per heavy atom. The van der Waals surface area contributed by atoms with Crippen LogP contribution in [-0.4, -0.2) is 30.5 Å². The van der Waals surface area contributed by atoms with Crippen LogP contribution < -0.4 is 0 Å². The Morgan fingerprint density at radius 1 is 1.19 bits per heavy atom. The third-order valence-electron chi connectivity index (χ3n) is 1.45. The molecule has 0 aromatic carbocycles. The predicted octanol–water partition coefficient (Wildman–Crippen LogP) is 1.87. The summed E-state index contributed by atoms with van der Waals surface area (Å²) in [4.78, 5) is 20.9. The molecule has 0 aromatic rings. The first-order valence-corrected chi connectivity index (χ1v) is 3.90. The van der Waals surface area contributed by atoms with Crippen molar-refractivity contribution >= 4 is 11.8 Å². The van der Waals surface area contributed by atoms with Gasteiger partial charge in [-0.25, -0.2) is 4.79 Å². The van der Waals surface area contributed by atoms with Gasteiger partial charge in [0.2, 0.25) is 5.78 Å². The molecule has 0 spiro atoms. The molecule has 0 N–H and O–H groups in total. The van der Waals surface area contributed by atoms with Crippen LogP contribution in [0.15, 0.2) is 12.7 Å². The number of ether oxygens (including phenoxy) is 1. The maximum Gasteiger partial charge on any atom is 0.461 e. The van der Waals surface area contributed by atoms with Gasteiger partial charge in [0.25, 0.3) is 0 Å². The highest BCUT2D eigenvalue weighted by Gasteiger charge is 2.62. The van der Waals surface area contributed by atoms with Crippen molar-refractivity contribution in [2.45, 2.75) is 18.5 Å². The summed E-state index contributed by atoms with van der Waals surface area (Å²) in [5.41, 5.74) is 0. The zero-order chi connectivity index (χ0) is 13.0. The minimum atomic E-state index is -5.94. The van der Waals surface area contributed by atoms with Crippen molar-refractivity contribution in [1.82, 2.24) is 0 Å². The van der Waals surface area contributed by atoms with E-state index in [2.05, 4.69) is 11.3 Å². The molecule has 0 heterocycles. The minimum absolute atomic E-state index is 0.687. The highest BCUT2D eigenvalue weighted by molar-refractivity contribution is 5.87. The molecule has 0 bridgehead atoms. The Hall–Kier alpha value is -1.47. The molecule has 0 saturated heterocycles. The maximum atomic E-state index is 12.3. The van der Waals surface area contributed by atoms with Gasteiger partial charge in [-0.1, -0.05) is 6.58 Å². The average Bonchev–Trinajstić information content (AvgIpc) is 2.15. The van der Waals surface area contributed by atoms with Gasteiger partial charge in [-0.2, -0.15) is 22.0 Å².